The first-order chi connectivity index (χ1) is 7.65. The van der Waals surface area contributed by atoms with Crippen LogP contribution in [-0.4, -0.2) is 16.3 Å². The van der Waals surface area contributed by atoms with Gasteiger partial charge in [0.15, 0.2) is 0 Å². The standard InChI is InChI=1S/C12H16BrN3/c1-8(2)16-11(6-7-14)9-4-3-5-10(13)12(9)15-16/h3-5,8H,6-7,14H2,1-2H3. The molecule has 86 valence electrons. The van der Waals surface area contributed by atoms with Crippen molar-refractivity contribution in [3.63, 3.8) is 0 Å². The van der Waals surface area contributed by atoms with E-state index in [0.717, 1.165) is 16.4 Å². The van der Waals surface area contributed by atoms with Gasteiger partial charge in [0.2, 0.25) is 0 Å². The summed E-state index contributed by atoms with van der Waals surface area (Å²) >= 11 is 3.54. The van der Waals surface area contributed by atoms with Gasteiger partial charge in [0.25, 0.3) is 0 Å². The predicted octanol–water partition coefficient (Wildman–Crippen LogP) is 2.88. The van der Waals surface area contributed by atoms with E-state index in [1.807, 2.05) is 12.1 Å². The van der Waals surface area contributed by atoms with E-state index in [9.17, 15) is 0 Å². The van der Waals surface area contributed by atoms with Gasteiger partial charge in [-0.2, -0.15) is 5.10 Å². The highest BCUT2D eigenvalue weighted by molar-refractivity contribution is 9.10. The minimum atomic E-state index is 0.362. The van der Waals surface area contributed by atoms with Gasteiger partial charge in [-0.15, -0.1) is 0 Å². The van der Waals surface area contributed by atoms with E-state index in [1.54, 1.807) is 0 Å². The first-order valence-electron chi connectivity index (χ1n) is 5.50. The minimum absolute atomic E-state index is 0.362. The lowest BCUT2D eigenvalue weighted by atomic mass is 10.1. The lowest BCUT2D eigenvalue weighted by Gasteiger charge is -2.10. The van der Waals surface area contributed by atoms with E-state index in [-0.39, 0.29) is 0 Å². The van der Waals surface area contributed by atoms with Crippen LogP contribution in [0, 0.1) is 0 Å². The Balaban J connectivity index is 2.70. The zero-order valence-electron chi connectivity index (χ0n) is 9.57. The number of hydrogen-bond acceptors (Lipinski definition) is 2. The van der Waals surface area contributed by atoms with Gasteiger partial charge >= 0.3 is 0 Å². The largest absolute Gasteiger partial charge is 0.330 e. The molecule has 0 fully saturated rings. The Hall–Kier alpha value is -0.870. The molecule has 4 heteroatoms. The average Bonchev–Trinajstić information content (AvgIpc) is 2.60. The van der Waals surface area contributed by atoms with Crippen LogP contribution in [0.15, 0.2) is 22.7 Å². The molecule has 2 aromatic rings. The molecule has 1 aromatic heterocycles. The molecule has 0 amide bonds. The summed E-state index contributed by atoms with van der Waals surface area (Å²) in [6, 6.07) is 6.53. The quantitative estimate of drug-likeness (QED) is 0.940. The minimum Gasteiger partial charge on any atom is -0.330 e. The SMILES string of the molecule is CC(C)n1nc2c(Br)cccc2c1CCN. The van der Waals surface area contributed by atoms with Gasteiger partial charge in [-0.3, -0.25) is 4.68 Å². The van der Waals surface area contributed by atoms with Gasteiger partial charge in [0, 0.05) is 28.0 Å². The van der Waals surface area contributed by atoms with Crippen molar-refractivity contribution in [1.82, 2.24) is 9.78 Å². The Morgan fingerprint density at radius 3 is 2.81 bits per heavy atom. The second-order valence-electron chi connectivity index (χ2n) is 4.16. The number of benzene rings is 1. The van der Waals surface area contributed by atoms with Crippen LogP contribution >= 0.6 is 15.9 Å². The van der Waals surface area contributed by atoms with E-state index >= 15 is 0 Å². The first kappa shape index (κ1) is 11.6. The molecule has 0 unspecified atom stereocenters. The number of nitrogens with two attached hydrogens (primary N) is 1. The summed E-state index contributed by atoms with van der Waals surface area (Å²) in [5.41, 5.74) is 7.92. The van der Waals surface area contributed by atoms with Crippen LogP contribution in [0.2, 0.25) is 0 Å². The Kier molecular flexibility index (Phi) is 3.30. The van der Waals surface area contributed by atoms with Crippen LogP contribution in [0.5, 0.6) is 0 Å². The van der Waals surface area contributed by atoms with E-state index in [4.69, 9.17) is 5.73 Å². The van der Waals surface area contributed by atoms with E-state index in [0.29, 0.717) is 12.6 Å². The number of aromatic nitrogens is 2. The molecule has 0 aliphatic heterocycles. The summed E-state index contributed by atoms with van der Waals surface area (Å²) in [7, 11) is 0. The third-order valence-corrected chi connectivity index (χ3v) is 3.29. The van der Waals surface area contributed by atoms with Crippen LogP contribution in [-0.2, 0) is 6.42 Å². The van der Waals surface area contributed by atoms with Crippen molar-refractivity contribution in [1.29, 1.82) is 0 Å². The fourth-order valence-electron chi connectivity index (χ4n) is 1.95. The summed E-state index contributed by atoms with van der Waals surface area (Å²) in [5.74, 6) is 0. The highest BCUT2D eigenvalue weighted by Gasteiger charge is 2.13. The third-order valence-electron chi connectivity index (χ3n) is 2.65. The fourth-order valence-corrected chi connectivity index (χ4v) is 2.40. The number of fused-ring (bicyclic) bond motifs is 1. The van der Waals surface area contributed by atoms with Gasteiger partial charge in [0.05, 0.1) is 0 Å². The molecule has 0 spiro atoms. The molecule has 2 rings (SSSR count). The van der Waals surface area contributed by atoms with Gasteiger partial charge in [-0.05, 0) is 42.4 Å². The second-order valence-corrected chi connectivity index (χ2v) is 5.01. The average molecular weight is 282 g/mol. The van der Waals surface area contributed by atoms with Gasteiger partial charge in [-0.1, -0.05) is 12.1 Å². The van der Waals surface area contributed by atoms with Crippen molar-refractivity contribution in [2.75, 3.05) is 6.54 Å². The molecule has 0 saturated heterocycles. The summed E-state index contributed by atoms with van der Waals surface area (Å²) in [4.78, 5) is 0. The summed E-state index contributed by atoms with van der Waals surface area (Å²) in [6.45, 7) is 4.93. The molecule has 0 bridgehead atoms. The van der Waals surface area contributed by atoms with Crippen LogP contribution in [0.25, 0.3) is 10.9 Å². The first-order valence-corrected chi connectivity index (χ1v) is 6.30. The molecule has 3 nitrogen and oxygen atoms in total. The van der Waals surface area contributed by atoms with Crippen molar-refractivity contribution in [3.8, 4) is 0 Å². The van der Waals surface area contributed by atoms with Crippen LogP contribution < -0.4 is 5.73 Å². The van der Waals surface area contributed by atoms with E-state index < -0.39 is 0 Å². The van der Waals surface area contributed by atoms with Gasteiger partial charge < -0.3 is 5.73 Å². The molecular weight excluding hydrogens is 266 g/mol. The zero-order valence-corrected chi connectivity index (χ0v) is 11.2. The summed E-state index contributed by atoms with van der Waals surface area (Å²) in [5, 5.41) is 5.85. The normalized spacial score (nSPS) is 11.6. The number of nitrogens with zero attached hydrogens (tertiary/aromatic N) is 2. The van der Waals surface area contributed by atoms with Gasteiger partial charge in [0.1, 0.15) is 5.52 Å². The van der Waals surface area contributed by atoms with Crippen molar-refractivity contribution in [2.45, 2.75) is 26.3 Å². The Bertz CT molecular complexity index is 502. The van der Waals surface area contributed by atoms with E-state index in [2.05, 4.69) is 45.6 Å². The third kappa shape index (κ3) is 1.87. The fraction of sp³-hybridized carbons (Fsp3) is 0.417. The number of rotatable bonds is 3. The maximum atomic E-state index is 5.67. The monoisotopic (exact) mass is 281 g/mol. The molecule has 0 aliphatic carbocycles. The molecular formula is C12H16BrN3. The topological polar surface area (TPSA) is 43.8 Å². The van der Waals surface area contributed by atoms with Crippen molar-refractivity contribution in [2.24, 2.45) is 5.73 Å². The van der Waals surface area contributed by atoms with E-state index in [1.165, 1.54) is 11.1 Å². The Morgan fingerprint density at radius 1 is 1.44 bits per heavy atom. The molecule has 16 heavy (non-hydrogen) atoms. The maximum Gasteiger partial charge on any atom is 0.107 e. The number of hydrogen-bond donors (Lipinski definition) is 1. The molecule has 0 radical (unpaired) electrons. The molecule has 0 atom stereocenters. The highest BCUT2D eigenvalue weighted by atomic mass is 79.9. The highest BCUT2D eigenvalue weighted by Crippen LogP contribution is 2.27. The Morgan fingerprint density at radius 2 is 2.19 bits per heavy atom. The smallest absolute Gasteiger partial charge is 0.107 e. The van der Waals surface area contributed by atoms with Crippen molar-refractivity contribution < 1.29 is 0 Å². The Labute approximate surface area is 104 Å². The number of halogens is 1. The summed E-state index contributed by atoms with van der Waals surface area (Å²) in [6.07, 6.45) is 0.866. The molecule has 2 N–H and O–H groups in total. The lowest BCUT2D eigenvalue weighted by Crippen LogP contribution is -2.12. The van der Waals surface area contributed by atoms with Crippen LogP contribution in [0.4, 0.5) is 0 Å². The van der Waals surface area contributed by atoms with Crippen LogP contribution in [0.3, 0.4) is 0 Å². The van der Waals surface area contributed by atoms with Crippen LogP contribution in [0.1, 0.15) is 25.6 Å². The van der Waals surface area contributed by atoms with Gasteiger partial charge in [-0.25, -0.2) is 0 Å². The second kappa shape index (κ2) is 4.55. The van der Waals surface area contributed by atoms with Crippen molar-refractivity contribution >= 4 is 26.8 Å². The maximum absolute atomic E-state index is 5.67. The predicted molar refractivity (Wildman–Crippen MR) is 70.6 cm³/mol. The molecule has 0 aliphatic rings. The molecule has 1 heterocycles. The summed E-state index contributed by atoms with van der Waals surface area (Å²) < 4.78 is 3.12. The zero-order chi connectivity index (χ0) is 11.7. The lowest BCUT2D eigenvalue weighted by molar-refractivity contribution is 0.514. The molecule has 0 saturated carbocycles. The van der Waals surface area contributed by atoms with Crippen molar-refractivity contribution in [3.05, 3.63) is 28.4 Å². The molecule has 1 aromatic carbocycles.